The molecule has 0 saturated heterocycles. The minimum absolute atomic E-state index is 0.172. The van der Waals surface area contributed by atoms with Crippen LogP contribution in [0, 0.1) is 5.92 Å². The van der Waals surface area contributed by atoms with Crippen LogP contribution in [0.1, 0.15) is 20.3 Å². The van der Waals surface area contributed by atoms with Crippen molar-refractivity contribution in [1.82, 2.24) is 0 Å². The van der Waals surface area contributed by atoms with Crippen LogP contribution >= 0.6 is 0 Å². The molecule has 0 bridgehead atoms. The normalized spacial score (nSPS) is 18.0. The van der Waals surface area contributed by atoms with E-state index in [9.17, 15) is 0 Å². The summed E-state index contributed by atoms with van der Waals surface area (Å²) < 4.78 is 0. The Morgan fingerprint density at radius 3 is 2.00 bits per heavy atom. The van der Waals surface area contributed by atoms with Gasteiger partial charge in [0, 0.05) is 6.61 Å². The van der Waals surface area contributed by atoms with Gasteiger partial charge in [0.2, 0.25) is 0 Å². The van der Waals surface area contributed by atoms with E-state index in [0.29, 0.717) is 6.42 Å². The molecule has 8 heavy (non-hydrogen) atoms. The van der Waals surface area contributed by atoms with E-state index in [2.05, 4.69) is 0 Å². The van der Waals surface area contributed by atoms with Gasteiger partial charge in [0.25, 0.3) is 0 Å². The number of rotatable bonds is 3. The summed E-state index contributed by atoms with van der Waals surface area (Å²) in [6.07, 6.45) is 0.411. The molecule has 0 heterocycles. The molecular formula is C6H14O2. The lowest BCUT2D eigenvalue weighted by molar-refractivity contribution is 0.136. The van der Waals surface area contributed by atoms with E-state index in [-0.39, 0.29) is 18.6 Å². The molecule has 2 N–H and O–H groups in total. The average molecular weight is 118 g/mol. The average Bonchev–Trinajstić information content (AvgIpc) is 1.65. The highest BCUT2D eigenvalue weighted by molar-refractivity contribution is 4.53. The highest BCUT2D eigenvalue weighted by atomic mass is 16.3. The summed E-state index contributed by atoms with van der Waals surface area (Å²) in [6, 6.07) is 0. The largest absolute Gasteiger partial charge is 0.396 e. The Hall–Kier alpha value is -0.0800. The van der Waals surface area contributed by atoms with Crippen LogP contribution in [0.15, 0.2) is 0 Å². The molecule has 2 atom stereocenters. The van der Waals surface area contributed by atoms with Crippen LogP contribution in [0.25, 0.3) is 0 Å². The van der Waals surface area contributed by atoms with Crippen LogP contribution in [0.4, 0.5) is 0 Å². The molecule has 0 rings (SSSR count). The van der Waals surface area contributed by atoms with Gasteiger partial charge in [-0.1, -0.05) is 6.92 Å². The fraction of sp³-hybridized carbons (Fsp3) is 1.00. The van der Waals surface area contributed by atoms with Gasteiger partial charge in [-0.25, -0.2) is 0 Å². The molecule has 2 heteroatoms. The van der Waals surface area contributed by atoms with E-state index in [1.54, 1.807) is 6.92 Å². The summed E-state index contributed by atoms with van der Waals surface area (Å²) >= 11 is 0. The second-order valence-electron chi connectivity index (χ2n) is 2.37. The second-order valence-corrected chi connectivity index (χ2v) is 2.37. The topological polar surface area (TPSA) is 40.5 Å². The maximum atomic E-state index is 8.74. The van der Waals surface area contributed by atoms with Crippen molar-refractivity contribution in [2.75, 3.05) is 6.61 Å². The first kappa shape index (κ1) is 7.92. The van der Waals surface area contributed by atoms with Gasteiger partial charge in [-0.05, 0) is 19.3 Å². The summed E-state index contributed by atoms with van der Waals surface area (Å²) in [6.45, 7) is 3.81. The summed E-state index contributed by atoms with van der Waals surface area (Å²) in [7, 11) is 0. The van der Waals surface area contributed by atoms with Crippen molar-refractivity contribution in [3.8, 4) is 0 Å². The molecule has 0 spiro atoms. The summed E-state index contributed by atoms with van der Waals surface area (Å²) in [5.41, 5.74) is 0. The van der Waals surface area contributed by atoms with Crippen molar-refractivity contribution in [2.45, 2.75) is 26.4 Å². The SMILES string of the molecule is C[C@H](CO)C[C@H](C)O. The molecule has 0 aliphatic heterocycles. The van der Waals surface area contributed by atoms with Gasteiger partial charge in [-0.2, -0.15) is 0 Å². The van der Waals surface area contributed by atoms with Crippen LogP contribution in [0.3, 0.4) is 0 Å². The first-order valence-corrected chi connectivity index (χ1v) is 2.95. The smallest absolute Gasteiger partial charge is 0.0515 e. The zero-order valence-corrected chi connectivity index (χ0v) is 5.46. The summed E-state index contributed by atoms with van der Waals surface area (Å²) in [5.74, 6) is 0.231. The zero-order chi connectivity index (χ0) is 6.57. The van der Waals surface area contributed by atoms with Gasteiger partial charge in [-0.15, -0.1) is 0 Å². The van der Waals surface area contributed by atoms with Gasteiger partial charge >= 0.3 is 0 Å². The Morgan fingerprint density at radius 1 is 1.38 bits per heavy atom. The molecule has 50 valence electrons. The van der Waals surface area contributed by atoms with Gasteiger partial charge in [0.05, 0.1) is 6.10 Å². The van der Waals surface area contributed by atoms with Crippen molar-refractivity contribution in [3.05, 3.63) is 0 Å². The van der Waals surface area contributed by atoms with Crippen LogP contribution in [0.2, 0.25) is 0 Å². The molecule has 0 aromatic rings. The van der Waals surface area contributed by atoms with Gasteiger partial charge < -0.3 is 10.2 Å². The van der Waals surface area contributed by atoms with E-state index >= 15 is 0 Å². The maximum absolute atomic E-state index is 8.74. The Morgan fingerprint density at radius 2 is 1.88 bits per heavy atom. The minimum Gasteiger partial charge on any atom is -0.396 e. The third-order valence-corrected chi connectivity index (χ3v) is 1.06. The van der Waals surface area contributed by atoms with Crippen molar-refractivity contribution in [3.63, 3.8) is 0 Å². The summed E-state index contributed by atoms with van der Waals surface area (Å²) in [4.78, 5) is 0. The number of aliphatic hydroxyl groups is 2. The molecule has 0 fully saturated rings. The molecule has 0 amide bonds. The second kappa shape index (κ2) is 3.87. The third-order valence-electron chi connectivity index (χ3n) is 1.06. The van der Waals surface area contributed by atoms with Crippen molar-refractivity contribution >= 4 is 0 Å². The molecular weight excluding hydrogens is 104 g/mol. The predicted molar refractivity (Wildman–Crippen MR) is 32.5 cm³/mol. The molecule has 0 unspecified atom stereocenters. The van der Waals surface area contributed by atoms with Crippen LogP contribution in [-0.4, -0.2) is 22.9 Å². The van der Waals surface area contributed by atoms with Gasteiger partial charge in [-0.3, -0.25) is 0 Å². The van der Waals surface area contributed by atoms with E-state index < -0.39 is 0 Å². The highest BCUT2D eigenvalue weighted by Crippen LogP contribution is 2.02. The minimum atomic E-state index is -0.280. The van der Waals surface area contributed by atoms with Crippen molar-refractivity contribution in [2.24, 2.45) is 5.92 Å². The maximum Gasteiger partial charge on any atom is 0.0515 e. The number of hydrogen-bond donors (Lipinski definition) is 2. The molecule has 0 radical (unpaired) electrons. The predicted octanol–water partition coefficient (Wildman–Crippen LogP) is 0.386. The van der Waals surface area contributed by atoms with Crippen molar-refractivity contribution < 1.29 is 10.2 Å². The fourth-order valence-corrected chi connectivity index (χ4v) is 0.657. The van der Waals surface area contributed by atoms with Gasteiger partial charge in [0.15, 0.2) is 0 Å². The molecule has 0 aliphatic rings. The third kappa shape index (κ3) is 4.09. The Bertz CT molecular complexity index is 52.5. The quantitative estimate of drug-likeness (QED) is 0.562. The highest BCUT2D eigenvalue weighted by Gasteiger charge is 2.02. The van der Waals surface area contributed by atoms with Crippen LogP contribution < -0.4 is 0 Å². The molecule has 0 aliphatic carbocycles. The Balaban J connectivity index is 3.10. The molecule has 0 saturated carbocycles. The van der Waals surface area contributed by atoms with E-state index in [0.717, 1.165) is 0 Å². The van der Waals surface area contributed by atoms with Gasteiger partial charge in [0.1, 0.15) is 0 Å². The van der Waals surface area contributed by atoms with Crippen LogP contribution in [-0.2, 0) is 0 Å². The van der Waals surface area contributed by atoms with Crippen molar-refractivity contribution in [1.29, 1.82) is 0 Å². The zero-order valence-electron chi connectivity index (χ0n) is 5.46. The molecule has 0 aromatic carbocycles. The Kier molecular flexibility index (Phi) is 3.83. The number of aliphatic hydroxyl groups excluding tert-OH is 2. The first-order valence-electron chi connectivity index (χ1n) is 2.95. The molecule has 2 nitrogen and oxygen atoms in total. The summed E-state index contributed by atoms with van der Waals surface area (Å²) in [5, 5.41) is 17.2. The standard InChI is InChI=1S/C6H14O2/c1-5(4-7)3-6(2)8/h5-8H,3-4H2,1-2H3/t5-,6-/m0/s1. The lowest BCUT2D eigenvalue weighted by atomic mass is 10.1. The van der Waals surface area contributed by atoms with Crippen LogP contribution in [0.5, 0.6) is 0 Å². The molecule has 0 aromatic heterocycles. The lowest BCUT2D eigenvalue weighted by Crippen LogP contribution is -2.09. The first-order chi connectivity index (χ1) is 3.66. The van der Waals surface area contributed by atoms with E-state index in [1.165, 1.54) is 0 Å². The number of hydrogen-bond acceptors (Lipinski definition) is 2. The van der Waals surface area contributed by atoms with E-state index in [4.69, 9.17) is 10.2 Å². The fourth-order valence-electron chi connectivity index (χ4n) is 0.657. The lowest BCUT2D eigenvalue weighted by Gasteiger charge is -2.08. The Labute approximate surface area is 50.2 Å². The monoisotopic (exact) mass is 118 g/mol. The van der Waals surface area contributed by atoms with E-state index in [1.807, 2.05) is 6.92 Å².